The molecular weight excluding hydrogens is 319 g/mol. The van der Waals surface area contributed by atoms with Crippen molar-refractivity contribution in [2.75, 3.05) is 5.32 Å². The summed E-state index contributed by atoms with van der Waals surface area (Å²) in [7, 11) is 0. The molecule has 0 fully saturated rings. The number of carbonyl (C=O) groups is 1. The molecule has 0 spiro atoms. The van der Waals surface area contributed by atoms with E-state index in [1.165, 1.54) is 17.4 Å². The van der Waals surface area contributed by atoms with Gasteiger partial charge in [-0.05, 0) is 23.6 Å². The van der Waals surface area contributed by atoms with Crippen LogP contribution in [0.3, 0.4) is 0 Å². The number of halogens is 4. The van der Waals surface area contributed by atoms with E-state index in [1.54, 1.807) is 17.5 Å². The fourth-order valence-electron chi connectivity index (χ4n) is 1.32. The van der Waals surface area contributed by atoms with E-state index in [4.69, 9.17) is 0 Å². The van der Waals surface area contributed by atoms with Crippen molar-refractivity contribution in [3.8, 4) is 0 Å². The van der Waals surface area contributed by atoms with Crippen LogP contribution in [0.25, 0.3) is 10.1 Å². The lowest BCUT2D eigenvalue weighted by molar-refractivity contribution is -0.167. The van der Waals surface area contributed by atoms with Crippen LogP contribution in [0.4, 0.5) is 18.9 Å². The number of nitrogens with one attached hydrogen (secondary N) is 1. The Balaban J connectivity index is 2.41. The van der Waals surface area contributed by atoms with E-state index >= 15 is 0 Å². The summed E-state index contributed by atoms with van der Waals surface area (Å²) < 4.78 is 37.8. The third-order valence-electron chi connectivity index (χ3n) is 2.07. The van der Waals surface area contributed by atoms with Crippen molar-refractivity contribution in [1.82, 2.24) is 0 Å². The molecule has 0 bridgehead atoms. The van der Waals surface area contributed by atoms with Crippen LogP contribution >= 0.6 is 27.3 Å². The van der Waals surface area contributed by atoms with Gasteiger partial charge in [0.2, 0.25) is 0 Å². The maximum Gasteiger partial charge on any atom is 0.471 e. The lowest BCUT2D eigenvalue weighted by atomic mass is 10.2. The van der Waals surface area contributed by atoms with Gasteiger partial charge in [-0.2, -0.15) is 13.2 Å². The minimum atomic E-state index is -4.88. The molecule has 2 nitrogen and oxygen atoms in total. The molecule has 0 atom stereocenters. The molecule has 2 aromatic rings. The molecule has 0 aliphatic rings. The normalized spacial score (nSPS) is 11.8. The SMILES string of the molecule is O=C(Nc1ccc(Br)c2ccsc12)C(F)(F)F. The number of hydrogen-bond acceptors (Lipinski definition) is 2. The van der Waals surface area contributed by atoms with Crippen molar-refractivity contribution < 1.29 is 18.0 Å². The molecule has 0 aliphatic heterocycles. The summed E-state index contributed by atoms with van der Waals surface area (Å²) in [5.74, 6) is -1.96. The van der Waals surface area contributed by atoms with Gasteiger partial charge in [-0.15, -0.1) is 11.3 Å². The van der Waals surface area contributed by atoms with E-state index in [0.717, 1.165) is 9.86 Å². The van der Waals surface area contributed by atoms with E-state index in [2.05, 4.69) is 15.9 Å². The van der Waals surface area contributed by atoms with E-state index in [0.29, 0.717) is 4.70 Å². The first kappa shape index (κ1) is 12.4. The Morgan fingerprint density at radius 3 is 2.65 bits per heavy atom. The number of benzene rings is 1. The highest BCUT2D eigenvalue weighted by Crippen LogP contribution is 2.34. The van der Waals surface area contributed by atoms with Crippen LogP contribution in [0, 0.1) is 0 Å². The molecule has 2 rings (SSSR count). The first-order chi connectivity index (χ1) is 7.89. The minimum absolute atomic E-state index is 0.167. The van der Waals surface area contributed by atoms with Crippen LogP contribution in [0.1, 0.15) is 0 Å². The second-order valence-electron chi connectivity index (χ2n) is 3.21. The Morgan fingerprint density at radius 2 is 2.00 bits per heavy atom. The lowest BCUT2D eigenvalue weighted by Crippen LogP contribution is -2.29. The third kappa shape index (κ3) is 2.44. The van der Waals surface area contributed by atoms with Gasteiger partial charge >= 0.3 is 12.1 Å². The molecule has 1 aromatic heterocycles. The summed E-state index contributed by atoms with van der Waals surface area (Å²) in [5, 5.41) is 4.39. The van der Waals surface area contributed by atoms with Crippen LogP contribution in [-0.4, -0.2) is 12.1 Å². The van der Waals surface area contributed by atoms with Crippen LogP contribution in [0.15, 0.2) is 28.1 Å². The zero-order chi connectivity index (χ0) is 12.6. The standard InChI is InChI=1S/C10H5BrF3NOS/c11-6-1-2-7(8-5(6)3-4-17-8)15-9(16)10(12,13)14/h1-4H,(H,15,16). The van der Waals surface area contributed by atoms with E-state index < -0.39 is 12.1 Å². The highest BCUT2D eigenvalue weighted by molar-refractivity contribution is 9.10. The Kier molecular flexibility index (Phi) is 3.13. The van der Waals surface area contributed by atoms with Crippen molar-refractivity contribution in [2.45, 2.75) is 6.18 Å². The molecule has 1 aromatic carbocycles. The quantitative estimate of drug-likeness (QED) is 0.838. The zero-order valence-electron chi connectivity index (χ0n) is 8.14. The largest absolute Gasteiger partial charge is 0.471 e. The van der Waals surface area contributed by atoms with Crippen molar-refractivity contribution in [1.29, 1.82) is 0 Å². The molecule has 1 amide bonds. The highest BCUT2D eigenvalue weighted by Gasteiger charge is 2.38. The smallest absolute Gasteiger partial charge is 0.317 e. The number of thiophene rings is 1. The summed E-state index contributed by atoms with van der Waals surface area (Å²) in [5.41, 5.74) is 0.167. The summed E-state index contributed by atoms with van der Waals surface area (Å²) >= 11 is 4.56. The van der Waals surface area contributed by atoms with Crippen LogP contribution in [0.5, 0.6) is 0 Å². The van der Waals surface area contributed by atoms with Crippen LogP contribution in [-0.2, 0) is 4.79 Å². The van der Waals surface area contributed by atoms with Gasteiger partial charge in [0.05, 0.1) is 10.4 Å². The summed E-state index contributed by atoms with van der Waals surface area (Å²) in [6.07, 6.45) is -4.88. The number of carbonyl (C=O) groups excluding carboxylic acids is 1. The lowest BCUT2D eigenvalue weighted by Gasteiger charge is -2.09. The summed E-state index contributed by atoms with van der Waals surface area (Å²) in [4.78, 5) is 10.8. The number of fused-ring (bicyclic) bond motifs is 1. The van der Waals surface area contributed by atoms with Gasteiger partial charge in [-0.1, -0.05) is 15.9 Å². The monoisotopic (exact) mass is 323 g/mol. The molecular formula is C10H5BrF3NOS. The average Bonchev–Trinajstić information content (AvgIpc) is 2.70. The van der Waals surface area contributed by atoms with Gasteiger partial charge in [0, 0.05) is 9.86 Å². The number of alkyl halides is 3. The number of amides is 1. The molecule has 1 heterocycles. The molecule has 1 N–H and O–H groups in total. The van der Waals surface area contributed by atoms with Crippen molar-refractivity contribution >= 4 is 48.9 Å². The molecule has 90 valence electrons. The van der Waals surface area contributed by atoms with Gasteiger partial charge in [-0.25, -0.2) is 0 Å². The molecule has 0 radical (unpaired) electrons. The van der Waals surface area contributed by atoms with E-state index in [1.807, 2.05) is 5.32 Å². The Labute approximate surface area is 107 Å². The van der Waals surface area contributed by atoms with Gasteiger partial charge in [0.15, 0.2) is 0 Å². The third-order valence-corrected chi connectivity index (χ3v) is 3.71. The molecule has 17 heavy (non-hydrogen) atoms. The van der Waals surface area contributed by atoms with E-state index in [9.17, 15) is 18.0 Å². The molecule has 0 saturated heterocycles. The Hall–Kier alpha value is -1.08. The van der Waals surface area contributed by atoms with Gasteiger partial charge in [0.1, 0.15) is 0 Å². The molecule has 0 saturated carbocycles. The predicted octanol–water partition coefficient (Wildman–Crippen LogP) is 4.16. The maximum atomic E-state index is 12.1. The number of anilines is 1. The fourth-order valence-corrected chi connectivity index (χ4v) is 2.80. The van der Waals surface area contributed by atoms with Gasteiger partial charge < -0.3 is 5.32 Å². The Morgan fingerprint density at radius 1 is 1.29 bits per heavy atom. The topological polar surface area (TPSA) is 29.1 Å². The molecule has 7 heteroatoms. The van der Waals surface area contributed by atoms with Crippen molar-refractivity contribution in [3.63, 3.8) is 0 Å². The van der Waals surface area contributed by atoms with Gasteiger partial charge in [-0.3, -0.25) is 4.79 Å². The van der Waals surface area contributed by atoms with Crippen LogP contribution < -0.4 is 5.32 Å². The predicted molar refractivity (Wildman–Crippen MR) is 64.2 cm³/mol. The first-order valence-corrected chi connectivity index (χ1v) is 6.11. The van der Waals surface area contributed by atoms with E-state index in [-0.39, 0.29) is 5.69 Å². The van der Waals surface area contributed by atoms with Crippen LogP contribution in [0.2, 0.25) is 0 Å². The average molecular weight is 324 g/mol. The minimum Gasteiger partial charge on any atom is -0.317 e. The fraction of sp³-hybridized carbons (Fsp3) is 0.100. The second kappa shape index (κ2) is 4.30. The Bertz CT molecular complexity index is 578. The molecule has 0 aliphatic carbocycles. The highest BCUT2D eigenvalue weighted by atomic mass is 79.9. The van der Waals surface area contributed by atoms with Crippen molar-refractivity contribution in [3.05, 3.63) is 28.1 Å². The number of hydrogen-bond donors (Lipinski definition) is 1. The van der Waals surface area contributed by atoms with Crippen molar-refractivity contribution in [2.24, 2.45) is 0 Å². The number of rotatable bonds is 1. The van der Waals surface area contributed by atoms with Gasteiger partial charge in [0.25, 0.3) is 0 Å². The summed E-state index contributed by atoms with van der Waals surface area (Å²) in [6, 6.07) is 4.81. The zero-order valence-corrected chi connectivity index (χ0v) is 10.5. The molecule has 0 unspecified atom stereocenters. The first-order valence-electron chi connectivity index (χ1n) is 4.43. The second-order valence-corrected chi connectivity index (χ2v) is 4.98. The summed E-state index contributed by atoms with van der Waals surface area (Å²) in [6.45, 7) is 0. The maximum absolute atomic E-state index is 12.1.